The van der Waals surface area contributed by atoms with Crippen LogP contribution in [-0.4, -0.2) is 29.6 Å². The zero-order valence-corrected chi connectivity index (χ0v) is 11.1. The molecule has 0 fully saturated rings. The first-order valence-corrected chi connectivity index (χ1v) is 6.16. The number of benzene rings is 1. The van der Waals surface area contributed by atoms with Crippen molar-refractivity contribution in [1.82, 2.24) is 9.97 Å². The van der Waals surface area contributed by atoms with Gasteiger partial charge in [0.2, 0.25) is 5.82 Å². The van der Waals surface area contributed by atoms with Crippen LogP contribution < -0.4 is 11.1 Å². The lowest BCUT2D eigenvalue weighted by molar-refractivity contribution is 0.0587. The number of hydrogen-bond acceptors (Lipinski definition) is 6. The van der Waals surface area contributed by atoms with Crippen LogP contribution in [0.25, 0.3) is 0 Å². The van der Waals surface area contributed by atoms with E-state index in [1.807, 2.05) is 30.3 Å². The monoisotopic (exact) mass is 272 g/mol. The van der Waals surface area contributed by atoms with E-state index >= 15 is 0 Å². The number of methoxy groups -OCH3 is 1. The molecule has 0 bridgehead atoms. The number of esters is 1. The first-order chi connectivity index (χ1) is 9.70. The maximum Gasteiger partial charge on any atom is 0.376 e. The van der Waals surface area contributed by atoms with Crippen LogP contribution in [0.3, 0.4) is 0 Å². The van der Waals surface area contributed by atoms with Crippen molar-refractivity contribution >= 4 is 11.8 Å². The Morgan fingerprint density at radius 2 is 2.10 bits per heavy atom. The van der Waals surface area contributed by atoms with Gasteiger partial charge in [-0.3, -0.25) is 0 Å². The molecule has 0 spiro atoms. The number of carbonyl (C=O) groups excluding carboxylic acids is 1. The minimum atomic E-state index is -0.569. The Kier molecular flexibility index (Phi) is 4.62. The highest BCUT2D eigenvalue weighted by Gasteiger charge is 2.10. The summed E-state index contributed by atoms with van der Waals surface area (Å²) in [4.78, 5) is 19.2. The number of anilines is 1. The predicted octanol–water partition coefficient (Wildman–Crippen LogP) is 1.38. The van der Waals surface area contributed by atoms with Crippen LogP contribution >= 0.6 is 0 Å². The lowest BCUT2D eigenvalue weighted by Crippen LogP contribution is -2.21. The number of hydrogen-bond donors (Lipinski definition) is 2. The number of ether oxygens (including phenoxy) is 1. The van der Waals surface area contributed by atoms with Crippen LogP contribution in [0.1, 0.15) is 22.2 Å². The van der Waals surface area contributed by atoms with Crippen LogP contribution in [0.5, 0.6) is 0 Å². The molecule has 2 aromatic rings. The summed E-state index contributed by atoms with van der Waals surface area (Å²) in [5.41, 5.74) is 7.10. The standard InChI is InChI=1S/C14H16N4O2/c1-20-14(19)13-16-8-7-12(18-13)17-9-11(15)10-5-3-2-4-6-10/h2-8,11H,9,15H2,1H3,(H,16,17,18). The van der Waals surface area contributed by atoms with Crippen molar-refractivity contribution in [3.63, 3.8) is 0 Å². The van der Waals surface area contributed by atoms with Gasteiger partial charge in [0.1, 0.15) is 5.82 Å². The van der Waals surface area contributed by atoms with Crippen molar-refractivity contribution in [2.75, 3.05) is 19.0 Å². The molecule has 1 unspecified atom stereocenters. The average molecular weight is 272 g/mol. The lowest BCUT2D eigenvalue weighted by Gasteiger charge is -2.13. The SMILES string of the molecule is COC(=O)c1nccc(NCC(N)c2ccccc2)n1. The van der Waals surface area contributed by atoms with Gasteiger partial charge in [-0.1, -0.05) is 30.3 Å². The molecule has 0 aliphatic rings. The molecule has 0 aliphatic carbocycles. The van der Waals surface area contributed by atoms with Crippen LogP contribution in [-0.2, 0) is 4.74 Å². The molecule has 6 nitrogen and oxygen atoms in total. The summed E-state index contributed by atoms with van der Waals surface area (Å²) in [5, 5.41) is 3.08. The third kappa shape index (κ3) is 3.52. The fourth-order valence-electron chi connectivity index (χ4n) is 1.68. The third-order valence-corrected chi connectivity index (χ3v) is 2.75. The van der Waals surface area contributed by atoms with Crippen LogP contribution in [0.15, 0.2) is 42.6 Å². The molecule has 0 amide bonds. The Bertz CT molecular complexity index is 574. The Morgan fingerprint density at radius 3 is 2.80 bits per heavy atom. The molecule has 104 valence electrons. The summed E-state index contributed by atoms with van der Waals surface area (Å²) in [6.45, 7) is 0.502. The average Bonchev–Trinajstić information content (AvgIpc) is 2.53. The van der Waals surface area contributed by atoms with E-state index in [9.17, 15) is 4.79 Å². The second kappa shape index (κ2) is 6.63. The molecular weight excluding hydrogens is 256 g/mol. The summed E-state index contributed by atoms with van der Waals surface area (Å²) in [7, 11) is 1.29. The van der Waals surface area contributed by atoms with Crippen molar-refractivity contribution in [2.45, 2.75) is 6.04 Å². The molecule has 3 N–H and O–H groups in total. The van der Waals surface area contributed by atoms with E-state index in [2.05, 4.69) is 20.0 Å². The second-order valence-corrected chi connectivity index (χ2v) is 4.16. The van der Waals surface area contributed by atoms with Crippen molar-refractivity contribution in [2.24, 2.45) is 5.73 Å². The summed E-state index contributed by atoms with van der Waals surface area (Å²) in [6, 6.07) is 11.3. The van der Waals surface area contributed by atoms with Gasteiger partial charge in [-0.15, -0.1) is 0 Å². The van der Waals surface area contributed by atoms with Crippen molar-refractivity contribution in [3.05, 3.63) is 54.0 Å². The third-order valence-electron chi connectivity index (χ3n) is 2.75. The number of aromatic nitrogens is 2. The topological polar surface area (TPSA) is 90.1 Å². The van der Waals surface area contributed by atoms with E-state index in [0.717, 1.165) is 5.56 Å². The first kappa shape index (κ1) is 14.0. The number of carbonyl (C=O) groups is 1. The van der Waals surface area contributed by atoms with Crippen molar-refractivity contribution in [1.29, 1.82) is 0 Å². The molecule has 0 aliphatic heterocycles. The Balaban J connectivity index is 1.99. The van der Waals surface area contributed by atoms with Gasteiger partial charge in [-0.05, 0) is 11.6 Å². The van der Waals surface area contributed by atoms with Gasteiger partial charge in [0.15, 0.2) is 0 Å². The minimum Gasteiger partial charge on any atom is -0.463 e. The zero-order chi connectivity index (χ0) is 14.4. The quantitative estimate of drug-likeness (QED) is 0.799. The lowest BCUT2D eigenvalue weighted by atomic mass is 10.1. The molecule has 1 heterocycles. The number of nitrogens with two attached hydrogens (primary N) is 1. The Morgan fingerprint density at radius 1 is 1.35 bits per heavy atom. The molecule has 2 rings (SSSR count). The van der Waals surface area contributed by atoms with E-state index in [-0.39, 0.29) is 11.9 Å². The molecule has 0 saturated carbocycles. The highest BCUT2D eigenvalue weighted by atomic mass is 16.5. The van der Waals surface area contributed by atoms with E-state index in [4.69, 9.17) is 5.73 Å². The molecule has 0 saturated heterocycles. The minimum absolute atomic E-state index is 0.0192. The van der Waals surface area contributed by atoms with Crippen molar-refractivity contribution < 1.29 is 9.53 Å². The fourth-order valence-corrected chi connectivity index (χ4v) is 1.68. The molecule has 6 heteroatoms. The highest BCUT2D eigenvalue weighted by molar-refractivity contribution is 5.85. The van der Waals surface area contributed by atoms with Gasteiger partial charge in [0.25, 0.3) is 0 Å². The Labute approximate surface area is 117 Å². The maximum atomic E-state index is 11.3. The normalized spacial score (nSPS) is 11.7. The molecule has 1 aromatic carbocycles. The fraction of sp³-hybridized carbons (Fsp3) is 0.214. The van der Waals surface area contributed by atoms with Gasteiger partial charge in [-0.2, -0.15) is 0 Å². The van der Waals surface area contributed by atoms with Gasteiger partial charge < -0.3 is 15.8 Å². The van der Waals surface area contributed by atoms with E-state index in [1.165, 1.54) is 13.3 Å². The summed E-state index contributed by atoms with van der Waals surface area (Å²) in [6.07, 6.45) is 1.50. The Hall–Kier alpha value is -2.47. The van der Waals surface area contributed by atoms with Gasteiger partial charge in [0.05, 0.1) is 7.11 Å². The van der Waals surface area contributed by atoms with Gasteiger partial charge in [-0.25, -0.2) is 14.8 Å². The molecule has 0 radical (unpaired) electrons. The van der Waals surface area contributed by atoms with E-state index in [0.29, 0.717) is 12.4 Å². The first-order valence-electron chi connectivity index (χ1n) is 6.16. The second-order valence-electron chi connectivity index (χ2n) is 4.16. The number of nitrogens with one attached hydrogen (secondary N) is 1. The van der Waals surface area contributed by atoms with Crippen LogP contribution in [0.4, 0.5) is 5.82 Å². The van der Waals surface area contributed by atoms with Gasteiger partial charge in [0, 0.05) is 18.8 Å². The number of nitrogens with zero attached hydrogens (tertiary/aromatic N) is 2. The molecule has 1 atom stereocenters. The summed E-state index contributed by atoms with van der Waals surface area (Å²) >= 11 is 0. The van der Waals surface area contributed by atoms with E-state index < -0.39 is 5.97 Å². The summed E-state index contributed by atoms with van der Waals surface area (Å²) in [5.74, 6) is -0.0152. The van der Waals surface area contributed by atoms with Gasteiger partial charge >= 0.3 is 5.97 Å². The highest BCUT2D eigenvalue weighted by Crippen LogP contribution is 2.11. The molecule has 20 heavy (non-hydrogen) atoms. The number of rotatable bonds is 5. The molecular formula is C14H16N4O2. The van der Waals surface area contributed by atoms with Crippen molar-refractivity contribution in [3.8, 4) is 0 Å². The largest absolute Gasteiger partial charge is 0.463 e. The van der Waals surface area contributed by atoms with Crippen LogP contribution in [0.2, 0.25) is 0 Å². The zero-order valence-electron chi connectivity index (χ0n) is 11.1. The van der Waals surface area contributed by atoms with Crippen LogP contribution in [0, 0.1) is 0 Å². The van der Waals surface area contributed by atoms with E-state index in [1.54, 1.807) is 6.07 Å². The predicted molar refractivity (Wildman–Crippen MR) is 75.2 cm³/mol. The maximum absolute atomic E-state index is 11.3. The molecule has 1 aromatic heterocycles. The smallest absolute Gasteiger partial charge is 0.376 e. The summed E-state index contributed by atoms with van der Waals surface area (Å²) < 4.78 is 4.57.